The first-order chi connectivity index (χ1) is 16.3. The van der Waals surface area contributed by atoms with E-state index in [4.69, 9.17) is 33.7 Å². The third-order valence-corrected chi connectivity index (χ3v) is 6.19. The number of benzene rings is 1. The lowest BCUT2D eigenvalue weighted by molar-refractivity contribution is -0.384. The summed E-state index contributed by atoms with van der Waals surface area (Å²) in [6, 6.07) is 10.1. The standard InChI is InChI=1S/C23H23Cl2N5O4/c24-16-3-5-18(19(25)13-16)15-12-21(23(31)28-8-10-34-11-9-28)29(14-15)7-1-2-17-4-6-20(30(32)33)22(26)27-17/h3-6,12-14H,1-2,7-11H2,(H2,26,27). The summed E-state index contributed by atoms with van der Waals surface area (Å²) in [7, 11) is 0. The maximum atomic E-state index is 13.3. The molecular formula is C23H23Cl2N5O4. The number of nitro groups is 1. The molecule has 0 spiro atoms. The van der Waals surface area contributed by atoms with E-state index in [0.717, 1.165) is 11.1 Å². The van der Waals surface area contributed by atoms with E-state index in [1.54, 1.807) is 23.1 Å². The van der Waals surface area contributed by atoms with Crippen LogP contribution in [0.5, 0.6) is 0 Å². The van der Waals surface area contributed by atoms with Gasteiger partial charge in [0.1, 0.15) is 5.69 Å². The van der Waals surface area contributed by atoms with E-state index in [1.165, 1.54) is 6.07 Å². The molecule has 0 radical (unpaired) electrons. The molecule has 11 heteroatoms. The van der Waals surface area contributed by atoms with Gasteiger partial charge < -0.3 is 19.9 Å². The maximum Gasteiger partial charge on any atom is 0.311 e. The molecule has 1 fully saturated rings. The van der Waals surface area contributed by atoms with E-state index in [-0.39, 0.29) is 17.4 Å². The van der Waals surface area contributed by atoms with Crippen LogP contribution in [0.3, 0.4) is 0 Å². The Labute approximate surface area is 206 Å². The summed E-state index contributed by atoms with van der Waals surface area (Å²) in [6.45, 7) is 2.63. The zero-order chi connectivity index (χ0) is 24.2. The van der Waals surface area contributed by atoms with Gasteiger partial charge in [0.25, 0.3) is 5.91 Å². The number of rotatable bonds is 7. The SMILES string of the molecule is Nc1nc(CCCn2cc(-c3ccc(Cl)cc3Cl)cc2C(=O)N2CCOCC2)ccc1[N+](=O)[O-]. The molecule has 0 unspecified atom stereocenters. The van der Waals surface area contributed by atoms with E-state index in [0.29, 0.717) is 67.1 Å². The summed E-state index contributed by atoms with van der Waals surface area (Å²) in [6.07, 6.45) is 3.10. The molecule has 0 bridgehead atoms. The van der Waals surface area contributed by atoms with Crippen LogP contribution in [-0.4, -0.2) is 51.6 Å². The molecule has 1 aliphatic rings. The molecule has 4 rings (SSSR count). The van der Waals surface area contributed by atoms with Crippen LogP contribution in [0.1, 0.15) is 22.6 Å². The van der Waals surface area contributed by atoms with Gasteiger partial charge in [0, 0.05) is 58.8 Å². The third kappa shape index (κ3) is 5.32. The number of nitrogens with zero attached hydrogens (tertiary/aromatic N) is 4. The van der Waals surface area contributed by atoms with E-state index in [2.05, 4.69) is 4.98 Å². The molecular weight excluding hydrogens is 481 g/mol. The largest absolute Gasteiger partial charge is 0.378 e. The number of carbonyl (C=O) groups is 1. The normalized spacial score (nSPS) is 13.8. The van der Waals surface area contributed by atoms with Gasteiger partial charge in [0.05, 0.1) is 18.1 Å². The number of hydrogen-bond acceptors (Lipinski definition) is 6. The van der Waals surface area contributed by atoms with E-state index in [9.17, 15) is 14.9 Å². The molecule has 2 aromatic heterocycles. The predicted octanol–water partition coefficient (Wildman–Crippen LogP) is 4.45. The van der Waals surface area contributed by atoms with E-state index in [1.807, 2.05) is 22.9 Å². The van der Waals surface area contributed by atoms with Gasteiger partial charge in [-0.25, -0.2) is 4.98 Å². The number of hydrogen-bond donors (Lipinski definition) is 1. The number of morpholine rings is 1. The van der Waals surface area contributed by atoms with Crippen LogP contribution in [0.15, 0.2) is 42.6 Å². The van der Waals surface area contributed by atoms with Gasteiger partial charge >= 0.3 is 5.69 Å². The van der Waals surface area contributed by atoms with Gasteiger partial charge in [-0.1, -0.05) is 29.3 Å². The average molecular weight is 504 g/mol. The summed E-state index contributed by atoms with van der Waals surface area (Å²) in [5.74, 6) is -0.177. The van der Waals surface area contributed by atoms with Crippen molar-refractivity contribution in [2.75, 3.05) is 32.0 Å². The highest BCUT2D eigenvalue weighted by molar-refractivity contribution is 6.36. The lowest BCUT2D eigenvalue weighted by Gasteiger charge is -2.27. The van der Waals surface area contributed by atoms with Crippen molar-refractivity contribution >= 4 is 40.6 Å². The molecule has 34 heavy (non-hydrogen) atoms. The van der Waals surface area contributed by atoms with Crippen molar-refractivity contribution < 1.29 is 14.5 Å². The topological polar surface area (TPSA) is 117 Å². The smallest absolute Gasteiger partial charge is 0.311 e. The van der Waals surface area contributed by atoms with Gasteiger partial charge in [-0.3, -0.25) is 14.9 Å². The third-order valence-electron chi connectivity index (χ3n) is 5.64. The van der Waals surface area contributed by atoms with Crippen molar-refractivity contribution in [3.63, 3.8) is 0 Å². The van der Waals surface area contributed by atoms with E-state index < -0.39 is 4.92 Å². The Balaban J connectivity index is 1.57. The van der Waals surface area contributed by atoms with Crippen molar-refractivity contribution in [2.45, 2.75) is 19.4 Å². The highest BCUT2D eigenvalue weighted by Gasteiger charge is 2.23. The molecule has 9 nitrogen and oxygen atoms in total. The molecule has 1 amide bonds. The Bertz CT molecular complexity index is 1220. The molecule has 1 aromatic carbocycles. The van der Waals surface area contributed by atoms with Gasteiger partial charge in [-0.2, -0.15) is 0 Å². The van der Waals surface area contributed by atoms with Gasteiger partial charge in [0.2, 0.25) is 5.82 Å². The molecule has 1 aliphatic heterocycles. The zero-order valence-electron chi connectivity index (χ0n) is 18.2. The van der Waals surface area contributed by atoms with Crippen molar-refractivity contribution in [2.24, 2.45) is 0 Å². The fourth-order valence-electron chi connectivity index (χ4n) is 3.91. The minimum Gasteiger partial charge on any atom is -0.378 e. The second-order valence-electron chi connectivity index (χ2n) is 7.90. The van der Waals surface area contributed by atoms with Crippen molar-refractivity contribution in [1.29, 1.82) is 0 Å². The molecule has 3 heterocycles. The first-order valence-electron chi connectivity index (χ1n) is 10.8. The summed E-state index contributed by atoms with van der Waals surface area (Å²) < 4.78 is 7.28. The Hall–Kier alpha value is -3.14. The summed E-state index contributed by atoms with van der Waals surface area (Å²) in [4.78, 5) is 29.6. The number of nitrogens with two attached hydrogens (primary N) is 1. The monoisotopic (exact) mass is 503 g/mol. The molecule has 1 saturated heterocycles. The number of aryl methyl sites for hydroxylation is 2. The Kier molecular flexibility index (Phi) is 7.35. The number of halogens is 2. The fourth-order valence-corrected chi connectivity index (χ4v) is 4.43. The Morgan fingerprint density at radius 1 is 1.18 bits per heavy atom. The van der Waals surface area contributed by atoms with Crippen molar-refractivity contribution in [3.05, 3.63) is 74.1 Å². The molecule has 0 saturated carbocycles. The van der Waals surface area contributed by atoms with Crippen molar-refractivity contribution in [1.82, 2.24) is 14.5 Å². The quantitative estimate of drug-likeness (QED) is 0.375. The van der Waals surface area contributed by atoms with Crippen LogP contribution in [0.4, 0.5) is 11.5 Å². The molecule has 3 aromatic rings. The second-order valence-corrected chi connectivity index (χ2v) is 8.75. The number of nitrogen functional groups attached to an aromatic ring is 1. The number of anilines is 1. The first kappa shape index (κ1) is 24.0. The van der Waals surface area contributed by atoms with Crippen LogP contribution in [0.25, 0.3) is 11.1 Å². The molecule has 0 atom stereocenters. The van der Waals surface area contributed by atoms with Crippen LogP contribution < -0.4 is 5.73 Å². The Morgan fingerprint density at radius 2 is 1.94 bits per heavy atom. The Morgan fingerprint density at radius 3 is 2.62 bits per heavy atom. The number of amides is 1. The summed E-state index contributed by atoms with van der Waals surface area (Å²) in [5, 5.41) is 12.0. The predicted molar refractivity (Wildman–Crippen MR) is 130 cm³/mol. The number of carbonyl (C=O) groups excluding carboxylic acids is 1. The fraction of sp³-hybridized carbons (Fsp3) is 0.304. The van der Waals surface area contributed by atoms with Gasteiger partial charge in [-0.05, 0) is 37.1 Å². The highest BCUT2D eigenvalue weighted by atomic mass is 35.5. The average Bonchev–Trinajstić information content (AvgIpc) is 3.22. The first-order valence-corrected chi connectivity index (χ1v) is 11.5. The number of aromatic nitrogens is 2. The van der Waals surface area contributed by atoms with Gasteiger partial charge in [-0.15, -0.1) is 0 Å². The second kappa shape index (κ2) is 10.4. The lowest BCUT2D eigenvalue weighted by atomic mass is 10.1. The molecule has 0 aliphatic carbocycles. The minimum atomic E-state index is -0.557. The van der Waals surface area contributed by atoms with Crippen LogP contribution in [0.2, 0.25) is 10.0 Å². The van der Waals surface area contributed by atoms with E-state index >= 15 is 0 Å². The number of ether oxygens (including phenoxy) is 1. The van der Waals surface area contributed by atoms with Crippen LogP contribution in [-0.2, 0) is 17.7 Å². The van der Waals surface area contributed by atoms with Crippen LogP contribution in [0, 0.1) is 10.1 Å². The number of pyridine rings is 1. The summed E-state index contributed by atoms with van der Waals surface area (Å²) in [5.41, 5.74) is 8.30. The summed E-state index contributed by atoms with van der Waals surface area (Å²) >= 11 is 12.5. The molecule has 178 valence electrons. The highest BCUT2D eigenvalue weighted by Crippen LogP contribution is 2.32. The zero-order valence-corrected chi connectivity index (χ0v) is 19.8. The van der Waals surface area contributed by atoms with Gasteiger partial charge in [0.15, 0.2) is 0 Å². The maximum absolute atomic E-state index is 13.3. The van der Waals surface area contributed by atoms with Crippen LogP contribution >= 0.6 is 23.2 Å². The minimum absolute atomic E-state index is 0.0719. The molecule has 2 N–H and O–H groups in total. The lowest BCUT2D eigenvalue weighted by Crippen LogP contribution is -2.41. The van der Waals surface area contributed by atoms with Crippen molar-refractivity contribution in [3.8, 4) is 11.1 Å².